The quantitative estimate of drug-likeness (QED) is 0.477. The maximum absolute atomic E-state index is 8.64. The van der Waals surface area contributed by atoms with Gasteiger partial charge in [0.25, 0.3) is 0 Å². The van der Waals surface area contributed by atoms with E-state index in [1.165, 1.54) is 0 Å². The van der Waals surface area contributed by atoms with Crippen molar-refractivity contribution in [2.24, 2.45) is 5.92 Å². The highest BCUT2D eigenvalue weighted by atomic mass is 16.3. The third-order valence-corrected chi connectivity index (χ3v) is 1.20. The molecule has 0 radical (unpaired) electrons. The van der Waals surface area contributed by atoms with Crippen LogP contribution in [0, 0.1) is 17.2 Å². The molecule has 2 heteroatoms. The van der Waals surface area contributed by atoms with Crippen molar-refractivity contribution in [2.45, 2.75) is 18.9 Å². The number of hydrogen-bond donors (Lipinski definition) is 1. The monoisotopic (exact) mass is 97.1 g/mol. The molecule has 1 aliphatic carbocycles. The first-order valence-electron chi connectivity index (χ1n) is 2.42. The zero-order valence-corrected chi connectivity index (χ0v) is 3.96. The van der Waals surface area contributed by atoms with Crippen molar-refractivity contribution in [3.05, 3.63) is 0 Å². The van der Waals surface area contributed by atoms with Gasteiger partial charge in [0.15, 0.2) is 0 Å². The first-order valence-corrected chi connectivity index (χ1v) is 2.42. The van der Waals surface area contributed by atoms with Gasteiger partial charge >= 0.3 is 0 Å². The molecule has 1 rings (SSSR count). The molecule has 0 unspecified atom stereocenters. The van der Waals surface area contributed by atoms with Gasteiger partial charge in [-0.05, 0) is 18.8 Å². The molecule has 38 valence electrons. The average Bonchev–Trinajstić information content (AvgIpc) is 2.44. The van der Waals surface area contributed by atoms with Gasteiger partial charge in [-0.2, -0.15) is 5.26 Å². The van der Waals surface area contributed by atoms with Crippen LogP contribution in [-0.2, 0) is 0 Å². The third-order valence-electron chi connectivity index (χ3n) is 1.20. The molecule has 0 spiro atoms. The summed E-state index contributed by atoms with van der Waals surface area (Å²) in [5.74, 6) is 0.310. The van der Waals surface area contributed by atoms with E-state index < -0.39 is 6.10 Å². The van der Waals surface area contributed by atoms with E-state index in [1.807, 2.05) is 0 Å². The number of nitriles is 1. The van der Waals surface area contributed by atoms with E-state index in [2.05, 4.69) is 0 Å². The minimum atomic E-state index is -0.681. The smallest absolute Gasteiger partial charge is 0.143 e. The standard InChI is InChI=1S/C5H7NO/c6-3-5(7)4-1-2-4/h4-5,7H,1-2H2/t5-/m0/s1. The largest absolute Gasteiger partial charge is 0.378 e. The summed E-state index contributed by atoms with van der Waals surface area (Å²) >= 11 is 0. The molecule has 0 bridgehead atoms. The molecule has 0 aromatic carbocycles. The molecule has 2 nitrogen and oxygen atoms in total. The fourth-order valence-electron chi connectivity index (χ4n) is 0.517. The zero-order chi connectivity index (χ0) is 5.28. The SMILES string of the molecule is N#C[C@H](O)C1CC1. The van der Waals surface area contributed by atoms with E-state index in [9.17, 15) is 0 Å². The van der Waals surface area contributed by atoms with Crippen LogP contribution >= 0.6 is 0 Å². The first kappa shape index (κ1) is 4.61. The van der Waals surface area contributed by atoms with Crippen LogP contribution < -0.4 is 0 Å². The molecular formula is C5H7NO. The number of hydrogen-bond acceptors (Lipinski definition) is 2. The lowest BCUT2D eigenvalue weighted by Crippen LogP contribution is -2.03. The van der Waals surface area contributed by atoms with Crippen molar-refractivity contribution in [2.75, 3.05) is 0 Å². The van der Waals surface area contributed by atoms with Gasteiger partial charge in [0.05, 0.1) is 6.07 Å². The van der Waals surface area contributed by atoms with Gasteiger partial charge in [-0.15, -0.1) is 0 Å². The van der Waals surface area contributed by atoms with Crippen molar-refractivity contribution in [1.29, 1.82) is 5.26 Å². The molecule has 0 aromatic rings. The Kier molecular flexibility index (Phi) is 0.994. The molecule has 1 atom stereocenters. The van der Waals surface area contributed by atoms with E-state index >= 15 is 0 Å². The number of aliphatic hydroxyl groups excluding tert-OH is 1. The van der Waals surface area contributed by atoms with E-state index in [1.54, 1.807) is 6.07 Å². The van der Waals surface area contributed by atoms with Gasteiger partial charge in [-0.1, -0.05) is 0 Å². The zero-order valence-electron chi connectivity index (χ0n) is 3.96. The Balaban J connectivity index is 2.27. The Morgan fingerprint density at radius 3 is 2.43 bits per heavy atom. The number of rotatable bonds is 1. The molecule has 0 amide bonds. The summed E-state index contributed by atoms with van der Waals surface area (Å²) in [5, 5.41) is 16.7. The second kappa shape index (κ2) is 1.51. The Morgan fingerprint density at radius 2 is 2.29 bits per heavy atom. The predicted octanol–water partition coefficient (Wildman–Crippen LogP) is 0.281. The van der Waals surface area contributed by atoms with Crippen LogP contribution in [0.5, 0.6) is 0 Å². The summed E-state index contributed by atoms with van der Waals surface area (Å²) < 4.78 is 0. The fraction of sp³-hybridized carbons (Fsp3) is 0.800. The van der Waals surface area contributed by atoms with Crippen molar-refractivity contribution < 1.29 is 5.11 Å². The van der Waals surface area contributed by atoms with Gasteiger partial charge in [0.2, 0.25) is 0 Å². The van der Waals surface area contributed by atoms with Crippen LogP contribution in [0.25, 0.3) is 0 Å². The second-order valence-corrected chi connectivity index (χ2v) is 1.91. The summed E-state index contributed by atoms with van der Waals surface area (Å²) in [6.45, 7) is 0. The lowest BCUT2D eigenvalue weighted by Gasteiger charge is -1.90. The van der Waals surface area contributed by atoms with Crippen LogP contribution in [0.3, 0.4) is 0 Å². The second-order valence-electron chi connectivity index (χ2n) is 1.91. The maximum atomic E-state index is 8.64. The highest BCUT2D eigenvalue weighted by molar-refractivity contribution is 4.94. The Bertz CT molecular complexity index is 101. The number of aliphatic hydroxyl groups is 1. The highest BCUT2D eigenvalue weighted by Gasteiger charge is 2.29. The van der Waals surface area contributed by atoms with E-state index in [0.717, 1.165) is 12.8 Å². The molecule has 0 aromatic heterocycles. The molecule has 0 saturated heterocycles. The summed E-state index contributed by atoms with van der Waals surface area (Å²) in [6.07, 6.45) is 1.39. The Labute approximate surface area is 42.4 Å². The maximum Gasteiger partial charge on any atom is 0.143 e. The average molecular weight is 97.1 g/mol. The lowest BCUT2D eigenvalue weighted by atomic mass is 10.3. The molecule has 1 N–H and O–H groups in total. The van der Waals surface area contributed by atoms with Gasteiger partial charge in [0, 0.05) is 0 Å². The molecule has 1 saturated carbocycles. The van der Waals surface area contributed by atoms with Crippen LogP contribution in [-0.4, -0.2) is 11.2 Å². The summed E-state index contributed by atoms with van der Waals surface area (Å²) in [6, 6.07) is 1.78. The minimum Gasteiger partial charge on any atom is -0.378 e. The normalized spacial score (nSPS) is 23.4. The van der Waals surface area contributed by atoms with Gasteiger partial charge in [0.1, 0.15) is 6.10 Å². The minimum absolute atomic E-state index is 0.310. The number of nitrogens with zero attached hydrogens (tertiary/aromatic N) is 1. The third kappa shape index (κ3) is 0.908. The summed E-state index contributed by atoms with van der Waals surface area (Å²) in [7, 11) is 0. The summed E-state index contributed by atoms with van der Waals surface area (Å²) in [4.78, 5) is 0. The van der Waals surface area contributed by atoms with Crippen LogP contribution in [0.1, 0.15) is 12.8 Å². The van der Waals surface area contributed by atoms with Crippen molar-refractivity contribution in [3.63, 3.8) is 0 Å². The van der Waals surface area contributed by atoms with Gasteiger partial charge in [-0.25, -0.2) is 0 Å². The van der Waals surface area contributed by atoms with Crippen LogP contribution in [0.2, 0.25) is 0 Å². The first-order chi connectivity index (χ1) is 3.34. The molecule has 0 heterocycles. The molecule has 7 heavy (non-hydrogen) atoms. The van der Waals surface area contributed by atoms with Crippen molar-refractivity contribution >= 4 is 0 Å². The van der Waals surface area contributed by atoms with Crippen LogP contribution in [0.15, 0.2) is 0 Å². The molecule has 1 fully saturated rings. The van der Waals surface area contributed by atoms with Crippen molar-refractivity contribution in [1.82, 2.24) is 0 Å². The van der Waals surface area contributed by atoms with E-state index in [0.29, 0.717) is 5.92 Å². The van der Waals surface area contributed by atoms with Gasteiger partial charge in [-0.3, -0.25) is 0 Å². The Morgan fingerprint density at radius 1 is 1.71 bits per heavy atom. The van der Waals surface area contributed by atoms with Gasteiger partial charge < -0.3 is 5.11 Å². The van der Waals surface area contributed by atoms with Crippen molar-refractivity contribution in [3.8, 4) is 6.07 Å². The highest BCUT2D eigenvalue weighted by Crippen LogP contribution is 2.31. The van der Waals surface area contributed by atoms with E-state index in [4.69, 9.17) is 10.4 Å². The molecule has 1 aliphatic rings. The predicted molar refractivity (Wildman–Crippen MR) is 24.3 cm³/mol. The Hall–Kier alpha value is -0.550. The summed E-state index contributed by atoms with van der Waals surface area (Å²) in [5.41, 5.74) is 0. The topological polar surface area (TPSA) is 44.0 Å². The van der Waals surface area contributed by atoms with Crippen LogP contribution in [0.4, 0.5) is 0 Å². The van der Waals surface area contributed by atoms with E-state index in [-0.39, 0.29) is 0 Å². The molecule has 0 aliphatic heterocycles. The lowest BCUT2D eigenvalue weighted by molar-refractivity contribution is 0.207. The molecular weight excluding hydrogens is 90.1 g/mol. The fourth-order valence-corrected chi connectivity index (χ4v) is 0.517.